The smallest absolute Gasteiger partial charge is 0.307 e. The van der Waals surface area contributed by atoms with Crippen LogP contribution < -0.4 is 0 Å². The molecule has 1 N–H and O–H groups in total. The number of hydrogen-bond acceptors (Lipinski definition) is 3. The van der Waals surface area contributed by atoms with Gasteiger partial charge in [-0.1, -0.05) is 58.4 Å². The maximum atomic E-state index is 12.4. The maximum Gasteiger partial charge on any atom is 0.307 e. The Hall–Kier alpha value is -1.59. The second-order valence-corrected chi connectivity index (χ2v) is 7.28. The molecule has 0 aliphatic heterocycles. The van der Waals surface area contributed by atoms with E-state index in [4.69, 9.17) is 0 Å². The van der Waals surface area contributed by atoms with E-state index >= 15 is 0 Å². The number of carbonyl (C=O) groups is 2. The molecule has 126 valence electrons. The third-order valence-corrected chi connectivity index (χ3v) is 4.83. The highest BCUT2D eigenvalue weighted by atomic mass is 79.9. The van der Waals surface area contributed by atoms with E-state index in [9.17, 15) is 14.7 Å². The average Bonchev–Trinajstić information content (AvgIpc) is 2.56. The summed E-state index contributed by atoms with van der Waals surface area (Å²) in [4.78, 5) is 23.9. The average molecular weight is 407 g/mol. The summed E-state index contributed by atoms with van der Waals surface area (Å²) in [5.41, 5.74) is 1.92. The van der Waals surface area contributed by atoms with Crippen LogP contribution in [0.15, 0.2) is 59.1 Å². The van der Waals surface area contributed by atoms with Crippen molar-refractivity contribution < 1.29 is 14.7 Å². The van der Waals surface area contributed by atoms with Crippen molar-refractivity contribution in [3.05, 3.63) is 70.2 Å². The van der Waals surface area contributed by atoms with Crippen molar-refractivity contribution in [2.45, 2.75) is 24.5 Å². The Labute approximate surface area is 155 Å². The summed E-state index contributed by atoms with van der Waals surface area (Å²) in [5.74, 6) is -1.82. The molecule has 0 aromatic heterocycles. The predicted octanol–water partition coefficient (Wildman–Crippen LogP) is 4.19. The number of ketones is 1. The lowest BCUT2D eigenvalue weighted by molar-refractivity contribution is -0.143. The van der Waals surface area contributed by atoms with Crippen LogP contribution in [0.1, 0.15) is 17.5 Å². The second kappa shape index (κ2) is 9.04. The summed E-state index contributed by atoms with van der Waals surface area (Å²) in [6.45, 7) is 0. The molecular weight excluding hydrogens is 388 g/mol. The van der Waals surface area contributed by atoms with Crippen LogP contribution in [0.25, 0.3) is 0 Å². The first kappa shape index (κ1) is 18.7. The summed E-state index contributed by atoms with van der Waals surface area (Å²) < 4.78 is 0.937. The van der Waals surface area contributed by atoms with Gasteiger partial charge in [-0.05, 0) is 36.1 Å². The molecule has 0 heterocycles. The van der Waals surface area contributed by atoms with Gasteiger partial charge in [-0.25, -0.2) is 0 Å². The summed E-state index contributed by atoms with van der Waals surface area (Å²) in [6.07, 6.45) is 0.833. The number of hydrogen-bond donors (Lipinski definition) is 2. The van der Waals surface area contributed by atoms with Gasteiger partial charge >= 0.3 is 5.97 Å². The van der Waals surface area contributed by atoms with E-state index in [2.05, 4.69) is 28.6 Å². The lowest BCUT2D eigenvalue weighted by Gasteiger charge is -2.15. The first-order chi connectivity index (χ1) is 11.5. The van der Waals surface area contributed by atoms with E-state index in [1.807, 2.05) is 54.6 Å². The topological polar surface area (TPSA) is 54.4 Å². The molecule has 2 rings (SSSR count). The lowest BCUT2D eigenvalue weighted by atomic mass is 9.92. The van der Waals surface area contributed by atoms with Crippen molar-refractivity contribution >= 4 is 40.3 Å². The van der Waals surface area contributed by atoms with Crippen LogP contribution in [0.5, 0.6) is 0 Å². The van der Waals surface area contributed by atoms with Gasteiger partial charge in [-0.15, -0.1) is 0 Å². The number of carbonyl (C=O) groups excluding carboxylic acids is 1. The van der Waals surface area contributed by atoms with Gasteiger partial charge in [0.15, 0.2) is 0 Å². The molecular formula is C19H19BrO3S. The molecule has 0 radical (unpaired) electrons. The van der Waals surface area contributed by atoms with Crippen LogP contribution in [-0.4, -0.2) is 22.1 Å². The largest absolute Gasteiger partial charge is 0.481 e. The number of Topliss-reactive ketones (excluding diaryl/α,β-unsaturated/α-hetero) is 1. The number of aliphatic carboxylic acids is 1. The van der Waals surface area contributed by atoms with Crippen molar-refractivity contribution in [2.24, 2.45) is 5.92 Å². The Morgan fingerprint density at radius 1 is 0.958 bits per heavy atom. The third-order valence-electron chi connectivity index (χ3n) is 3.84. The monoisotopic (exact) mass is 406 g/mol. The molecule has 0 amide bonds. The van der Waals surface area contributed by atoms with E-state index in [0.29, 0.717) is 12.8 Å². The van der Waals surface area contributed by atoms with Crippen molar-refractivity contribution in [1.82, 2.24) is 0 Å². The molecule has 5 heteroatoms. The van der Waals surface area contributed by atoms with Crippen LogP contribution in [-0.2, 0) is 22.4 Å². The summed E-state index contributed by atoms with van der Waals surface area (Å²) in [7, 11) is 0. The normalized spacial score (nSPS) is 13.2. The predicted molar refractivity (Wildman–Crippen MR) is 102 cm³/mol. The fraction of sp³-hybridized carbons (Fsp3) is 0.263. The fourth-order valence-corrected chi connectivity index (χ4v) is 3.06. The Morgan fingerprint density at radius 3 is 2.12 bits per heavy atom. The van der Waals surface area contributed by atoms with E-state index < -0.39 is 17.1 Å². The first-order valence-electron chi connectivity index (χ1n) is 7.67. The maximum absolute atomic E-state index is 12.4. The minimum Gasteiger partial charge on any atom is -0.481 e. The zero-order valence-electron chi connectivity index (χ0n) is 13.1. The van der Waals surface area contributed by atoms with Crippen LogP contribution in [0.3, 0.4) is 0 Å². The zero-order chi connectivity index (χ0) is 17.5. The number of halogens is 1. The van der Waals surface area contributed by atoms with Gasteiger partial charge in [-0.2, -0.15) is 12.6 Å². The Kier molecular flexibility index (Phi) is 7.06. The number of carboxylic acid groups (broad SMARTS) is 1. The minimum absolute atomic E-state index is 0.00754. The van der Waals surface area contributed by atoms with E-state index in [1.54, 1.807) is 0 Å². The fourth-order valence-electron chi connectivity index (χ4n) is 2.48. The molecule has 0 saturated heterocycles. The van der Waals surface area contributed by atoms with Gasteiger partial charge < -0.3 is 5.11 Å². The van der Waals surface area contributed by atoms with Crippen LogP contribution in [0, 0.1) is 5.92 Å². The molecule has 0 aliphatic carbocycles. The SMILES string of the molecule is O=C(CC(Cc1ccc(Br)cc1)C(=O)O)C(S)Cc1ccccc1. The van der Waals surface area contributed by atoms with Gasteiger partial charge in [0, 0.05) is 10.9 Å². The molecule has 0 aliphatic rings. The zero-order valence-corrected chi connectivity index (χ0v) is 15.5. The number of carboxylic acids is 1. The van der Waals surface area contributed by atoms with Gasteiger partial charge in [0.1, 0.15) is 5.78 Å². The Balaban J connectivity index is 1.97. The van der Waals surface area contributed by atoms with Crippen LogP contribution in [0.4, 0.5) is 0 Å². The number of benzene rings is 2. The van der Waals surface area contributed by atoms with E-state index in [-0.39, 0.29) is 12.2 Å². The molecule has 3 nitrogen and oxygen atoms in total. The second-order valence-electron chi connectivity index (χ2n) is 5.74. The molecule has 0 bridgehead atoms. The number of rotatable bonds is 8. The van der Waals surface area contributed by atoms with Gasteiger partial charge in [0.25, 0.3) is 0 Å². The minimum atomic E-state index is -0.952. The highest BCUT2D eigenvalue weighted by Gasteiger charge is 2.25. The molecule has 2 aromatic rings. The lowest BCUT2D eigenvalue weighted by Crippen LogP contribution is -2.26. The highest BCUT2D eigenvalue weighted by Crippen LogP contribution is 2.19. The van der Waals surface area contributed by atoms with Crippen LogP contribution >= 0.6 is 28.6 Å². The van der Waals surface area contributed by atoms with Crippen molar-refractivity contribution in [2.75, 3.05) is 0 Å². The Bertz CT molecular complexity index is 686. The van der Waals surface area contributed by atoms with Crippen molar-refractivity contribution in [3.63, 3.8) is 0 Å². The van der Waals surface area contributed by atoms with E-state index in [1.165, 1.54) is 0 Å². The molecule has 24 heavy (non-hydrogen) atoms. The molecule has 2 unspecified atom stereocenters. The standard InChI is InChI=1S/C19H19BrO3S/c20-16-8-6-14(7-9-16)10-15(19(22)23)12-17(21)18(24)11-13-4-2-1-3-5-13/h1-9,15,18,24H,10-12H2,(H,22,23). The first-order valence-corrected chi connectivity index (χ1v) is 8.98. The summed E-state index contributed by atoms with van der Waals surface area (Å²) in [6, 6.07) is 17.1. The molecule has 2 aromatic carbocycles. The molecule has 0 spiro atoms. The van der Waals surface area contributed by atoms with Gasteiger partial charge in [0.05, 0.1) is 11.2 Å². The number of thiol groups is 1. The molecule has 0 saturated carbocycles. The highest BCUT2D eigenvalue weighted by molar-refractivity contribution is 9.10. The Morgan fingerprint density at radius 2 is 1.54 bits per heavy atom. The van der Waals surface area contributed by atoms with E-state index in [0.717, 1.165) is 15.6 Å². The summed E-state index contributed by atoms with van der Waals surface area (Å²) >= 11 is 7.72. The summed E-state index contributed by atoms with van der Waals surface area (Å²) in [5, 5.41) is 8.94. The molecule has 2 atom stereocenters. The van der Waals surface area contributed by atoms with Gasteiger partial charge in [0.2, 0.25) is 0 Å². The van der Waals surface area contributed by atoms with Gasteiger partial charge in [-0.3, -0.25) is 9.59 Å². The van der Waals surface area contributed by atoms with Crippen LogP contribution in [0.2, 0.25) is 0 Å². The molecule has 0 fully saturated rings. The van der Waals surface area contributed by atoms with Crippen molar-refractivity contribution in [3.8, 4) is 0 Å². The van der Waals surface area contributed by atoms with Crippen molar-refractivity contribution in [1.29, 1.82) is 0 Å². The third kappa shape index (κ3) is 5.80. The quantitative estimate of drug-likeness (QED) is 0.646.